The molecule has 1 aromatic heterocycles. The molecule has 7 heteroatoms. The fraction of sp³-hybridized carbons (Fsp3) is 0.231. The smallest absolute Gasteiger partial charge is 0.247 e. The van der Waals surface area contributed by atoms with Crippen LogP contribution in [0.5, 0.6) is 5.75 Å². The Morgan fingerprint density at radius 2 is 1.82 bits per heavy atom. The number of aromatic nitrogens is 2. The zero-order chi connectivity index (χ0) is 23.4. The van der Waals surface area contributed by atoms with E-state index in [1.54, 1.807) is 13.2 Å². The monoisotopic (exact) mass is 481 g/mol. The van der Waals surface area contributed by atoms with Crippen molar-refractivity contribution in [3.8, 4) is 5.75 Å². The number of hydrogen-bond acceptors (Lipinski definition) is 3. The predicted octanol–water partition coefficient (Wildman–Crippen LogP) is 6.92. The van der Waals surface area contributed by atoms with Gasteiger partial charge in [0.15, 0.2) is 0 Å². The number of nitrogens with zero attached hydrogens (tertiary/aromatic N) is 2. The molecule has 1 heterocycles. The molecule has 4 aromatic rings. The Morgan fingerprint density at radius 3 is 2.52 bits per heavy atom. The first kappa shape index (κ1) is 23.1. The second-order valence-electron chi connectivity index (χ2n) is 7.83. The van der Waals surface area contributed by atoms with Crippen molar-refractivity contribution in [2.45, 2.75) is 32.2 Å². The molecule has 0 bridgehead atoms. The summed E-state index contributed by atoms with van der Waals surface area (Å²) >= 11 is 12.3. The average molecular weight is 482 g/mol. The lowest BCUT2D eigenvalue weighted by atomic mass is 10.1. The number of carbonyl (C=O) groups is 1. The van der Waals surface area contributed by atoms with Crippen LogP contribution < -0.4 is 10.1 Å². The number of amides is 1. The van der Waals surface area contributed by atoms with Crippen LogP contribution in [0.1, 0.15) is 37.2 Å². The predicted molar refractivity (Wildman–Crippen MR) is 135 cm³/mol. The van der Waals surface area contributed by atoms with E-state index in [1.807, 2.05) is 60.7 Å². The number of halogens is 2. The van der Waals surface area contributed by atoms with Gasteiger partial charge in [0.1, 0.15) is 17.6 Å². The Labute approximate surface area is 203 Å². The lowest BCUT2D eigenvalue weighted by Crippen LogP contribution is -2.27. The maximum Gasteiger partial charge on any atom is 0.247 e. The number of anilines is 1. The van der Waals surface area contributed by atoms with Crippen LogP contribution in [0.15, 0.2) is 66.7 Å². The van der Waals surface area contributed by atoms with Crippen LogP contribution in [0.2, 0.25) is 10.0 Å². The van der Waals surface area contributed by atoms with Gasteiger partial charge in [-0.2, -0.15) is 0 Å². The molecule has 1 amide bonds. The van der Waals surface area contributed by atoms with Crippen LogP contribution in [0.25, 0.3) is 11.0 Å². The summed E-state index contributed by atoms with van der Waals surface area (Å²) in [4.78, 5) is 18.3. The molecule has 0 aliphatic rings. The minimum atomic E-state index is -0.415. The fourth-order valence-corrected chi connectivity index (χ4v) is 4.27. The van der Waals surface area contributed by atoms with Crippen molar-refractivity contribution >= 4 is 45.8 Å². The summed E-state index contributed by atoms with van der Waals surface area (Å²) in [6.45, 7) is 2.07. The number of para-hydroxylation sites is 2. The number of nitrogens with one attached hydrogen (secondary N) is 1. The van der Waals surface area contributed by atoms with Crippen LogP contribution in [0.4, 0.5) is 5.69 Å². The summed E-state index contributed by atoms with van der Waals surface area (Å²) in [7, 11) is 1.62. The second kappa shape index (κ2) is 10.3. The SMILES string of the molecule is CCCC(C(=O)Nc1ccc(OC)cc1)n1c(Cc2ccc(Cl)c(Cl)c2)nc2ccccc21. The van der Waals surface area contributed by atoms with Crippen molar-refractivity contribution in [2.24, 2.45) is 0 Å². The molecular weight excluding hydrogens is 457 g/mol. The molecule has 3 aromatic carbocycles. The first-order valence-corrected chi connectivity index (χ1v) is 11.6. The van der Waals surface area contributed by atoms with Gasteiger partial charge < -0.3 is 14.6 Å². The molecule has 5 nitrogen and oxygen atoms in total. The zero-order valence-corrected chi connectivity index (χ0v) is 20.0. The van der Waals surface area contributed by atoms with Crippen LogP contribution in [0.3, 0.4) is 0 Å². The van der Waals surface area contributed by atoms with Gasteiger partial charge >= 0.3 is 0 Å². The van der Waals surface area contributed by atoms with E-state index in [4.69, 9.17) is 32.9 Å². The highest BCUT2D eigenvalue weighted by Crippen LogP contribution is 2.29. The number of rotatable bonds is 8. The molecule has 1 unspecified atom stereocenters. The van der Waals surface area contributed by atoms with Gasteiger partial charge in [-0.25, -0.2) is 4.98 Å². The van der Waals surface area contributed by atoms with Gasteiger partial charge in [0.05, 0.1) is 28.2 Å². The summed E-state index contributed by atoms with van der Waals surface area (Å²) in [5, 5.41) is 4.07. The molecule has 170 valence electrons. The first-order chi connectivity index (χ1) is 16.0. The molecule has 0 saturated carbocycles. The van der Waals surface area contributed by atoms with Crippen molar-refractivity contribution in [2.75, 3.05) is 12.4 Å². The van der Waals surface area contributed by atoms with Gasteiger partial charge in [-0.3, -0.25) is 4.79 Å². The summed E-state index contributed by atoms with van der Waals surface area (Å²) in [5.74, 6) is 1.46. The van der Waals surface area contributed by atoms with Crippen LogP contribution in [-0.2, 0) is 11.2 Å². The number of carbonyl (C=O) groups excluding carboxylic acids is 1. The Morgan fingerprint density at radius 1 is 1.06 bits per heavy atom. The molecule has 0 aliphatic heterocycles. The van der Waals surface area contributed by atoms with Crippen molar-refractivity contribution in [3.63, 3.8) is 0 Å². The molecule has 1 N–H and O–H groups in total. The number of fused-ring (bicyclic) bond motifs is 1. The topological polar surface area (TPSA) is 56.1 Å². The molecular formula is C26H25Cl2N3O2. The van der Waals surface area contributed by atoms with Gasteiger partial charge in [-0.05, 0) is 60.5 Å². The Hall–Kier alpha value is -3.02. The maximum atomic E-state index is 13.5. The van der Waals surface area contributed by atoms with Gasteiger partial charge in [0, 0.05) is 12.1 Å². The molecule has 1 atom stereocenters. The Kier molecular flexibility index (Phi) is 7.21. The Bertz CT molecular complexity index is 1270. The van der Waals surface area contributed by atoms with E-state index in [2.05, 4.69) is 16.8 Å². The lowest BCUT2D eigenvalue weighted by Gasteiger charge is -2.21. The van der Waals surface area contributed by atoms with Crippen molar-refractivity contribution in [1.82, 2.24) is 9.55 Å². The van der Waals surface area contributed by atoms with Gasteiger partial charge in [0.2, 0.25) is 5.91 Å². The van der Waals surface area contributed by atoms with E-state index < -0.39 is 6.04 Å². The molecule has 0 radical (unpaired) electrons. The minimum Gasteiger partial charge on any atom is -0.497 e. The highest BCUT2D eigenvalue weighted by atomic mass is 35.5. The number of imidazole rings is 1. The molecule has 0 fully saturated rings. The number of methoxy groups -OCH3 is 1. The number of benzene rings is 3. The summed E-state index contributed by atoms with van der Waals surface area (Å²) in [6, 6.07) is 20.4. The summed E-state index contributed by atoms with van der Waals surface area (Å²) < 4.78 is 7.27. The van der Waals surface area contributed by atoms with Gasteiger partial charge in [-0.15, -0.1) is 0 Å². The van der Waals surface area contributed by atoms with Gasteiger partial charge in [-0.1, -0.05) is 54.7 Å². The summed E-state index contributed by atoms with van der Waals surface area (Å²) in [5.41, 5.74) is 3.48. The fourth-order valence-electron chi connectivity index (χ4n) is 3.95. The van der Waals surface area contributed by atoms with E-state index in [0.29, 0.717) is 22.9 Å². The number of ether oxygens (including phenoxy) is 1. The van der Waals surface area contributed by atoms with Crippen LogP contribution >= 0.6 is 23.2 Å². The van der Waals surface area contributed by atoms with Gasteiger partial charge in [0.25, 0.3) is 0 Å². The van der Waals surface area contributed by atoms with Crippen molar-refractivity contribution in [3.05, 3.63) is 88.2 Å². The largest absolute Gasteiger partial charge is 0.497 e. The standard InChI is InChI=1S/C26H25Cl2N3O2/c1-3-6-24(26(32)29-18-10-12-19(33-2)13-11-18)31-23-8-5-4-7-22(23)30-25(31)16-17-9-14-20(27)21(28)15-17/h4-5,7-15,24H,3,6,16H2,1-2H3,(H,29,32). The molecule has 33 heavy (non-hydrogen) atoms. The molecule has 0 saturated heterocycles. The normalized spacial score (nSPS) is 12.0. The first-order valence-electron chi connectivity index (χ1n) is 10.8. The Balaban J connectivity index is 1.72. The summed E-state index contributed by atoms with van der Waals surface area (Å²) in [6.07, 6.45) is 2.05. The van der Waals surface area contributed by atoms with E-state index in [-0.39, 0.29) is 5.91 Å². The minimum absolute atomic E-state index is 0.0828. The van der Waals surface area contributed by atoms with Crippen LogP contribution in [0, 0.1) is 0 Å². The lowest BCUT2D eigenvalue weighted by molar-refractivity contribution is -0.119. The quantitative estimate of drug-likeness (QED) is 0.297. The van der Waals surface area contributed by atoms with E-state index >= 15 is 0 Å². The van der Waals surface area contributed by atoms with Crippen molar-refractivity contribution < 1.29 is 9.53 Å². The van der Waals surface area contributed by atoms with E-state index in [0.717, 1.165) is 40.3 Å². The third-order valence-corrected chi connectivity index (χ3v) is 6.29. The highest BCUT2D eigenvalue weighted by Gasteiger charge is 2.25. The highest BCUT2D eigenvalue weighted by molar-refractivity contribution is 6.42. The van der Waals surface area contributed by atoms with Crippen molar-refractivity contribution in [1.29, 1.82) is 0 Å². The molecule has 4 rings (SSSR count). The average Bonchev–Trinajstić information content (AvgIpc) is 3.17. The zero-order valence-electron chi connectivity index (χ0n) is 18.5. The third kappa shape index (κ3) is 5.15. The van der Waals surface area contributed by atoms with E-state index in [9.17, 15) is 4.79 Å². The molecule has 0 aliphatic carbocycles. The maximum absolute atomic E-state index is 13.5. The van der Waals surface area contributed by atoms with E-state index in [1.165, 1.54) is 0 Å². The molecule has 0 spiro atoms. The third-order valence-electron chi connectivity index (χ3n) is 5.55. The second-order valence-corrected chi connectivity index (χ2v) is 8.65. The van der Waals surface area contributed by atoms with Crippen LogP contribution in [-0.4, -0.2) is 22.6 Å². The number of hydrogen-bond donors (Lipinski definition) is 1.